The Morgan fingerprint density at radius 2 is 2.42 bits per heavy atom. The minimum atomic E-state index is -0.833. The number of rotatable bonds is 3. The van der Waals surface area contributed by atoms with Gasteiger partial charge in [0.15, 0.2) is 0 Å². The number of carbonyl (C=O) groups excluding carboxylic acids is 1. The Hall–Kier alpha value is -0.590. The maximum atomic E-state index is 11.8. The van der Waals surface area contributed by atoms with E-state index in [4.69, 9.17) is 10.5 Å². The number of pyridine rings is 1. The molecule has 0 bridgehead atoms. The Balaban J connectivity index is 2.01. The van der Waals surface area contributed by atoms with Gasteiger partial charge in [-0.15, -0.1) is 11.8 Å². The third-order valence-electron chi connectivity index (χ3n) is 3.32. The van der Waals surface area contributed by atoms with Crippen molar-refractivity contribution in [3.05, 3.63) is 22.8 Å². The van der Waals surface area contributed by atoms with Crippen molar-refractivity contribution in [3.63, 3.8) is 0 Å². The molecule has 6 heteroatoms. The molecule has 4 nitrogen and oxygen atoms in total. The van der Waals surface area contributed by atoms with Crippen LogP contribution in [0.3, 0.4) is 0 Å². The van der Waals surface area contributed by atoms with Crippen molar-refractivity contribution in [1.82, 2.24) is 4.98 Å². The predicted octanol–water partition coefficient (Wildman–Crippen LogP) is 2.75. The van der Waals surface area contributed by atoms with Crippen LogP contribution in [0.4, 0.5) is 0 Å². The highest BCUT2D eigenvalue weighted by atomic mass is 79.9. The number of nitrogens with zero attached hydrogens (tertiary/aromatic N) is 1. The van der Waals surface area contributed by atoms with Gasteiger partial charge in [0.25, 0.3) is 0 Å². The van der Waals surface area contributed by atoms with Crippen LogP contribution in [0, 0.1) is 0 Å². The average Bonchev–Trinajstić information content (AvgIpc) is 2.40. The van der Waals surface area contributed by atoms with Crippen LogP contribution < -0.4 is 5.73 Å². The standard InChI is InChI=1S/C13H17BrN2O2S/c1-18-12(17)13(15)6-2-3-10(7-13)19-11-5-4-9(14)8-16-11/h4-5,8,10H,2-3,6-7,15H2,1H3. The summed E-state index contributed by atoms with van der Waals surface area (Å²) >= 11 is 5.05. The zero-order valence-corrected chi connectivity index (χ0v) is 13.2. The van der Waals surface area contributed by atoms with E-state index in [0.29, 0.717) is 18.1 Å². The van der Waals surface area contributed by atoms with Crippen LogP contribution in [-0.2, 0) is 9.53 Å². The molecule has 2 unspecified atom stereocenters. The van der Waals surface area contributed by atoms with Crippen LogP contribution in [0.2, 0.25) is 0 Å². The molecular weight excluding hydrogens is 328 g/mol. The smallest absolute Gasteiger partial charge is 0.325 e. The number of halogens is 1. The SMILES string of the molecule is COC(=O)C1(N)CCCC(Sc2ccc(Br)cn2)C1. The molecule has 0 saturated heterocycles. The Bertz CT molecular complexity index is 454. The van der Waals surface area contributed by atoms with E-state index in [9.17, 15) is 4.79 Å². The van der Waals surface area contributed by atoms with Gasteiger partial charge in [-0.1, -0.05) is 0 Å². The van der Waals surface area contributed by atoms with Crippen molar-refractivity contribution in [2.45, 2.75) is 41.5 Å². The highest BCUT2D eigenvalue weighted by Crippen LogP contribution is 2.37. The van der Waals surface area contributed by atoms with E-state index in [0.717, 1.165) is 22.3 Å². The van der Waals surface area contributed by atoms with E-state index >= 15 is 0 Å². The van der Waals surface area contributed by atoms with Crippen molar-refractivity contribution in [3.8, 4) is 0 Å². The van der Waals surface area contributed by atoms with Gasteiger partial charge in [0.05, 0.1) is 12.1 Å². The summed E-state index contributed by atoms with van der Waals surface area (Å²) in [4.78, 5) is 16.1. The summed E-state index contributed by atoms with van der Waals surface area (Å²) < 4.78 is 5.77. The molecule has 19 heavy (non-hydrogen) atoms. The van der Waals surface area contributed by atoms with Crippen LogP contribution in [0.1, 0.15) is 25.7 Å². The lowest BCUT2D eigenvalue weighted by atomic mass is 9.82. The quantitative estimate of drug-likeness (QED) is 0.854. The molecule has 104 valence electrons. The average molecular weight is 345 g/mol. The van der Waals surface area contributed by atoms with E-state index in [-0.39, 0.29) is 5.97 Å². The van der Waals surface area contributed by atoms with Gasteiger partial charge in [-0.25, -0.2) is 4.98 Å². The second-order valence-corrected chi connectivity index (χ2v) is 7.03. The number of thioether (sulfide) groups is 1. The largest absolute Gasteiger partial charge is 0.468 e. The lowest BCUT2D eigenvalue weighted by molar-refractivity contribution is -0.148. The molecular formula is C13H17BrN2O2S. The Labute approximate surface area is 125 Å². The number of nitrogens with two attached hydrogens (primary N) is 1. The van der Waals surface area contributed by atoms with Crippen LogP contribution in [0.25, 0.3) is 0 Å². The molecule has 0 spiro atoms. The number of esters is 1. The lowest BCUT2D eigenvalue weighted by Gasteiger charge is -2.34. The topological polar surface area (TPSA) is 65.2 Å². The fraction of sp³-hybridized carbons (Fsp3) is 0.538. The maximum Gasteiger partial charge on any atom is 0.325 e. The Kier molecular flexibility index (Phi) is 4.86. The molecule has 0 radical (unpaired) electrons. The first kappa shape index (κ1) is 14.8. The molecule has 1 heterocycles. The summed E-state index contributed by atoms with van der Waals surface area (Å²) in [6, 6.07) is 3.94. The molecule has 0 aliphatic heterocycles. The molecule has 1 aromatic heterocycles. The molecule has 1 saturated carbocycles. The summed E-state index contributed by atoms with van der Waals surface area (Å²) in [5.41, 5.74) is 5.33. The summed E-state index contributed by atoms with van der Waals surface area (Å²) in [6.07, 6.45) is 5.12. The monoisotopic (exact) mass is 344 g/mol. The highest BCUT2D eigenvalue weighted by molar-refractivity contribution is 9.10. The van der Waals surface area contributed by atoms with Crippen molar-refractivity contribution >= 4 is 33.7 Å². The molecule has 2 atom stereocenters. The first-order valence-corrected chi connectivity index (χ1v) is 7.86. The number of aromatic nitrogens is 1. The molecule has 0 amide bonds. The zero-order valence-electron chi connectivity index (χ0n) is 10.8. The molecule has 1 fully saturated rings. The maximum absolute atomic E-state index is 11.8. The van der Waals surface area contributed by atoms with Crippen molar-refractivity contribution in [2.75, 3.05) is 7.11 Å². The van der Waals surface area contributed by atoms with Gasteiger partial charge in [0.1, 0.15) is 5.54 Å². The molecule has 1 aliphatic carbocycles. The Morgan fingerprint density at radius 1 is 1.63 bits per heavy atom. The number of carbonyl (C=O) groups is 1. The van der Waals surface area contributed by atoms with Gasteiger partial charge in [0.2, 0.25) is 0 Å². The third kappa shape index (κ3) is 3.70. The minimum absolute atomic E-state index is 0.304. The fourth-order valence-electron chi connectivity index (χ4n) is 2.35. The van der Waals surface area contributed by atoms with E-state index in [1.807, 2.05) is 12.1 Å². The first-order chi connectivity index (χ1) is 9.03. The third-order valence-corrected chi connectivity index (χ3v) is 5.01. The number of methoxy groups -OCH3 is 1. The van der Waals surface area contributed by atoms with E-state index < -0.39 is 5.54 Å². The highest BCUT2D eigenvalue weighted by Gasteiger charge is 2.40. The predicted molar refractivity (Wildman–Crippen MR) is 79.0 cm³/mol. The molecule has 1 aromatic rings. The van der Waals surface area contributed by atoms with Crippen LogP contribution in [0.15, 0.2) is 27.8 Å². The van der Waals surface area contributed by atoms with Gasteiger partial charge in [-0.3, -0.25) is 4.79 Å². The summed E-state index contributed by atoms with van der Waals surface area (Å²) in [6.45, 7) is 0. The Morgan fingerprint density at radius 3 is 3.05 bits per heavy atom. The van der Waals surface area contributed by atoms with Crippen molar-refractivity contribution in [1.29, 1.82) is 0 Å². The number of ether oxygens (including phenoxy) is 1. The van der Waals surface area contributed by atoms with Crippen molar-refractivity contribution < 1.29 is 9.53 Å². The molecule has 2 rings (SSSR count). The van der Waals surface area contributed by atoms with Crippen LogP contribution in [-0.4, -0.2) is 28.9 Å². The van der Waals surface area contributed by atoms with E-state index in [1.54, 1.807) is 18.0 Å². The van der Waals surface area contributed by atoms with Crippen LogP contribution >= 0.6 is 27.7 Å². The molecule has 2 N–H and O–H groups in total. The first-order valence-electron chi connectivity index (χ1n) is 6.19. The summed E-state index contributed by atoms with van der Waals surface area (Å²) in [7, 11) is 1.39. The summed E-state index contributed by atoms with van der Waals surface area (Å²) in [5.74, 6) is -0.304. The van der Waals surface area contributed by atoms with Gasteiger partial charge in [-0.2, -0.15) is 0 Å². The molecule has 1 aliphatic rings. The fourth-order valence-corrected chi connectivity index (χ4v) is 3.85. The molecule has 0 aromatic carbocycles. The summed E-state index contributed by atoms with van der Waals surface area (Å²) in [5, 5.41) is 1.27. The van der Waals surface area contributed by atoms with Gasteiger partial charge in [0, 0.05) is 15.9 Å². The number of hydrogen-bond donors (Lipinski definition) is 1. The normalized spacial score (nSPS) is 27.0. The van der Waals surface area contributed by atoms with Gasteiger partial charge >= 0.3 is 5.97 Å². The van der Waals surface area contributed by atoms with Gasteiger partial charge in [-0.05, 0) is 53.7 Å². The van der Waals surface area contributed by atoms with Crippen molar-refractivity contribution in [2.24, 2.45) is 5.73 Å². The number of hydrogen-bond acceptors (Lipinski definition) is 5. The van der Waals surface area contributed by atoms with E-state index in [1.165, 1.54) is 7.11 Å². The second kappa shape index (κ2) is 6.24. The lowest BCUT2D eigenvalue weighted by Crippen LogP contribution is -2.52. The minimum Gasteiger partial charge on any atom is -0.468 e. The second-order valence-electron chi connectivity index (χ2n) is 4.80. The van der Waals surface area contributed by atoms with E-state index in [2.05, 4.69) is 20.9 Å². The zero-order chi connectivity index (χ0) is 13.9. The van der Waals surface area contributed by atoms with Gasteiger partial charge < -0.3 is 10.5 Å². The van der Waals surface area contributed by atoms with Crippen LogP contribution in [0.5, 0.6) is 0 Å².